The van der Waals surface area contributed by atoms with Gasteiger partial charge in [-0.1, -0.05) is 29.4 Å². The van der Waals surface area contributed by atoms with Crippen molar-refractivity contribution in [3.8, 4) is 11.4 Å². The number of carbonyl (C=O) groups is 1. The molecule has 0 spiro atoms. The van der Waals surface area contributed by atoms with E-state index in [0.29, 0.717) is 31.4 Å². The Morgan fingerprint density at radius 1 is 1.20 bits per heavy atom. The Morgan fingerprint density at radius 2 is 1.92 bits per heavy atom. The van der Waals surface area contributed by atoms with E-state index in [1.54, 1.807) is 0 Å². The lowest BCUT2D eigenvalue weighted by Gasteiger charge is -2.33. The Labute approximate surface area is 147 Å². The minimum Gasteiger partial charge on any atom is -0.465 e. The summed E-state index contributed by atoms with van der Waals surface area (Å²) in [4.78, 5) is 20.4. The van der Waals surface area contributed by atoms with Crippen LogP contribution in [0.15, 0.2) is 28.8 Å². The molecule has 0 atom stereocenters. The molecule has 25 heavy (non-hydrogen) atoms. The van der Waals surface area contributed by atoms with Crippen LogP contribution in [0.2, 0.25) is 0 Å². The molecular formula is C18H24N4O3. The quantitative estimate of drug-likeness (QED) is 0.739. The third-order valence-electron chi connectivity index (χ3n) is 4.34. The maximum absolute atomic E-state index is 11.5. The van der Waals surface area contributed by atoms with E-state index in [1.165, 1.54) is 0 Å². The summed E-state index contributed by atoms with van der Waals surface area (Å²) in [7, 11) is 0. The summed E-state index contributed by atoms with van der Waals surface area (Å²) in [5, 5.41) is 4.10. The molecule has 1 aromatic carbocycles. The summed E-state index contributed by atoms with van der Waals surface area (Å²) < 4.78 is 10.4. The monoisotopic (exact) mass is 344 g/mol. The van der Waals surface area contributed by atoms with Gasteiger partial charge in [0.1, 0.15) is 0 Å². The molecule has 1 aromatic heterocycles. The third kappa shape index (κ3) is 4.64. The minimum atomic E-state index is -0.157. The van der Waals surface area contributed by atoms with Gasteiger partial charge in [0.05, 0.1) is 19.7 Å². The normalized spacial score (nSPS) is 16.1. The molecule has 3 rings (SSSR count). The van der Waals surface area contributed by atoms with Crippen LogP contribution in [0.5, 0.6) is 0 Å². The number of aromatic nitrogens is 2. The summed E-state index contributed by atoms with van der Waals surface area (Å²) in [5.41, 5.74) is 2.12. The topological polar surface area (TPSA) is 71.7 Å². The molecule has 0 amide bonds. The van der Waals surface area contributed by atoms with E-state index < -0.39 is 0 Å². The molecule has 0 N–H and O–H groups in total. The molecule has 0 bridgehead atoms. The van der Waals surface area contributed by atoms with Gasteiger partial charge in [-0.3, -0.25) is 14.6 Å². The van der Waals surface area contributed by atoms with E-state index in [2.05, 4.69) is 19.9 Å². The van der Waals surface area contributed by atoms with Crippen LogP contribution in [0.25, 0.3) is 11.4 Å². The molecule has 134 valence electrons. The average Bonchev–Trinajstić information content (AvgIpc) is 3.05. The molecule has 1 aliphatic heterocycles. The molecule has 1 aliphatic rings. The molecular weight excluding hydrogens is 320 g/mol. The third-order valence-corrected chi connectivity index (χ3v) is 4.34. The first-order valence-electron chi connectivity index (χ1n) is 8.64. The van der Waals surface area contributed by atoms with Gasteiger partial charge in [0, 0.05) is 31.7 Å². The van der Waals surface area contributed by atoms with Gasteiger partial charge in [0.2, 0.25) is 11.7 Å². The summed E-state index contributed by atoms with van der Waals surface area (Å²) in [6.45, 7) is 8.67. The minimum absolute atomic E-state index is 0.157. The lowest BCUT2D eigenvalue weighted by molar-refractivity contribution is -0.144. The van der Waals surface area contributed by atoms with Gasteiger partial charge in [-0.25, -0.2) is 0 Å². The first-order chi connectivity index (χ1) is 12.2. The molecule has 0 aliphatic carbocycles. The van der Waals surface area contributed by atoms with Crippen LogP contribution in [0.1, 0.15) is 18.4 Å². The lowest BCUT2D eigenvalue weighted by Crippen LogP contribution is -2.47. The van der Waals surface area contributed by atoms with Crippen molar-refractivity contribution in [2.24, 2.45) is 0 Å². The van der Waals surface area contributed by atoms with Crippen molar-refractivity contribution in [3.05, 3.63) is 35.7 Å². The van der Waals surface area contributed by atoms with Gasteiger partial charge < -0.3 is 9.26 Å². The van der Waals surface area contributed by atoms with Crippen LogP contribution < -0.4 is 0 Å². The van der Waals surface area contributed by atoms with Crippen molar-refractivity contribution in [1.82, 2.24) is 19.9 Å². The largest absolute Gasteiger partial charge is 0.465 e. The summed E-state index contributed by atoms with van der Waals surface area (Å²) in [6, 6.07) is 8.00. The van der Waals surface area contributed by atoms with E-state index in [9.17, 15) is 4.79 Å². The van der Waals surface area contributed by atoms with Gasteiger partial charge in [0.25, 0.3) is 0 Å². The number of benzene rings is 1. The van der Waals surface area contributed by atoms with E-state index in [-0.39, 0.29) is 5.97 Å². The second kappa shape index (κ2) is 8.22. The van der Waals surface area contributed by atoms with E-state index >= 15 is 0 Å². The second-order valence-corrected chi connectivity index (χ2v) is 6.18. The zero-order chi connectivity index (χ0) is 17.6. The number of nitrogens with zero attached hydrogens (tertiary/aromatic N) is 4. The SMILES string of the molecule is CCOC(=O)CN1CCN(Cc2nc(-c3ccccc3C)no2)CC1. The molecule has 2 heterocycles. The van der Waals surface area contributed by atoms with Crippen LogP contribution in [-0.4, -0.2) is 65.2 Å². The number of ether oxygens (including phenoxy) is 1. The van der Waals surface area contributed by atoms with Crippen LogP contribution in [0.4, 0.5) is 0 Å². The molecule has 2 aromatic rings. The fourth-order valence-electron chi connectivity index (χ4n) is 2.94. The van der Waals surface area contributed by atoms with Crippen LogP contribution in [0, 0.1) is 6.92 Å². The Hall–Kier alpha value is -2.25. The summed E-state index contributed by atoms with van der Waals surface area (Å²) in [6.07, 6.45) is 0. The van der Waals surface area contributed by atoms with E-state index in [4.69, 9.17) is 9.26 Å². The average molecular weight is 344 g/mol. The maximum atomic E-state index is 11.5. The predicted octanol–water partition coefficient (Wildman–Crippen LogP) is 1.73. The Balaban J connectivity index is 1.51. The first kappa shape index (κ1) is 17.6. The highest BCUT2D eigenvalue weighted by atomic mass is 16.5. The smallest absolute Gasteiger partial charge is 0.320 e. The van der Waals surface area contributed by atoms with Gasteiger partial charge in [-0.15, -0.1) is 0 Å². The Morgan fingerprint density at radius 3 is 2.64 bits per heavy atom. The van der Waals surface area contributed by atoms with Crippen molar-refractivity contribution in [2.75, 3.05) is 39.3 Å². The first-order valence-corrected chi connectivity index (χ1v) is 8.64. The van der Waals surface area contributed by atoms with Gasteiger partial charge >= 0.3 is 5.97 Å². The molecule has 0 saturated carbocycles. The molecule has 0 radical (unpaired) electrons. The van der Waals surface area contributed by atoms with E-state index in [1.807, 2.05) is 38.1 Å². The zero-order valence-electron chi connectivity index (χ0n) is 14.8. The van der Waals surface area contributed by atoms with Crippen molar-refractivity contribution in [1.29, 1.82) is 0 Å². The molecule has 1 fully saturated rings. The number of rotatable bonds is 6. The highest BCUT2D eigenvalue weighted by molar-refractivity contribution is 5.71. The van der Waals surface area contributed by atoms with Crippen molar-refractivity contribution in [2.45, 2.75) is 20.4 Å². The van der Waals surface area contributed by atoms with Crippen LogP contribution >= 0.6 is 0 Å². The maximum Gasteiger partial charge on any atom is 0.320 e. The second-order valence-electron chi connectivity index (χ2n) is 6.18. The van der Waals surface area contributed by atoms with Crippen LogP contribution in [-0.2, 0) is 16.1 Å². The number of hydrogen-bond acceptors (Lipinski definition) is 7. The number of esters is 1. The van der Waals surface area contributed by atoms with Crippen molar-refractivity contribution >= 4 is 5.97 Å². The lowest BCUT2D eigenvalue weighted by atomic mass is 10.1. The molecule has 1 saturated heterocycles. The predicted molar refractivity (Wildman–Crippen MR) is 92.8 cm³/mol. The number of piperazine rings is 1. The highest BCUT2D eigenvalue weighted by Gasteiger charge is 2.21. The summed E-state index contributed by atoms with van der Waals surface area (Å²) >= 11 is 0. The molecule has 7 heteroatoms. The summed E-state index contributed by atoms with van der Waals surface area (Å²) in [5.74, 6) is 1.10. The fourth-order valence-corrected chi connectivity index (χ4v) is 2.94. The zero-order valence-corrected chi connectivity index (χ0v) is 14.8. The van der Waals surface area contributed by atoms with Gasteiger partial charge in [0.15, 0.2) is 0 Å². The Bertz CT molecular complexity index is 708. The van der Waals surface area contributed by atoms with Gasteiger partial charge in [-0.05, 0) is 19.4 Å². The molecule has 0 unspecified atom stereocenters. The van der Waals surface area contributed by atoms with Crippen molar-refractivity contribution < 1.29 is 14.1 Å². The van der Waals surface area contributed by atoms with Crippen LogP contribution in [0.3, 0.4) is 0 Å². The number of carbonyl (C=O) groups excluding carboxylic acids is 1. The number of hydrogen-bond donors (Lipinski definition) is 0. The van der Waals surface area contributed by atoms with Gasteiger partial charge in [-0.2, -0.15) is 4.98 Å². The highest BCUT2D eigenvalue weighted by Crippen LogP contribution is 2.20. The molecule has 7 nitrogen and oxygen atoms in total. The fraction of sp³-hybridized carbons (Fsp3) is 0.500. The van der Waals surface area contributed by atoms with Crippen molar-refractivity contribution in [3.63, 3.8) is 0 Å². The standard InChI is InChI=1S/C18H24N4O3/c1-3-24-17(23)13-22-10-8-21(9-11-22)12-16-19-18(20-25-16)15-7-5-4-6-14(15)2/h4-7H,3,8-13H2,1-2H3. The number of aryl methyl sites for hydroxylation is 1. The Kier molecular flexibility index (Phi) is 5.78. The van der Waals surface area contributed by atoms with E-state index in [0.717, 1.165) is 37.3 Å².